The van der Waals surface area contributed by atoms with Crippen molar-refractivity contribution >= 4 is 51.5 Å². The molecular formula is C62H73F4N15O6. The molecule has 4 aliphatic heterocycles. The summed E-state index contributed by atoms with van der Waals surface area (Å²) in [6.07, 6.45) is 0.980. The number of alkyl halides is 4. The van der Waals surface area contributed by atoms with Gasteiger partial charge in [-0.25, -0.2) is 37.5 Å². The van der Waals surface area contributed by atoms with E-state index in [1.807, 2.05) is 53.3 Å². The van der Waals surface area contributed by atoms with Crippen LogP contribution in [0.2, 0.25) is 0 Å². The van der Waals surface area contributed by atoms with E-state index in [-0.39, 0.29) is 58.1 Å². The van der Waals surface area contributed by atoms with Crippen LogP contribution in [0.4, 0.5) is 17.6 Å². The number of ether oxygens (including phenoxy) is 1. The summed E-state index contributed by atoms with van der Waals surface area (Å²) in [5, 5.41) is 12.7. The number of likely N-dealkylation sites (N-methyl/N-ethyl adjacent to an activating group) is 2. The molecule has 0 spiro atoms. The van der Waals surface area contributed by atoms with Crippen molar-refractivity contribution in [2.45, 2.75) is 105 Å². The fourth-order valence-electron chi connectivity index (χ4n) is 11.6. The van der Waals surface area contributed by atoms with E-state index >= 15 is 0 Å². The van der Waals surface area contributed by atoms with Crippen LogP contribution >= 0.6 is 0 Å². The fourth-order valence-corrected chi connectivity index (χ4v) is 11.6. The first-order chi connectivity index (χ1) is 41.4. The number of amides is 3. The molecule has 1 N–H and O–H groups in total. The Labute approximate surface area is 501 Å². The first-order valence-electron chi connectivity index (χ1n) is 29.0. The first-order valence-corrected chi connectivity index (χ1v) is 29.0. The Kier molecular flexibility index (Phi) is 18.8. The number of imidazole rings is 2. The molecule has 21 nitrogen and oxygen atoms in total. The SMILES string of the molecule is CC(=O)N1CC(c2nc(-c3cccc4nc(-c5cnn(C)c5)c(C(F)F)cc34)c3n2C(C)C(=O)N(C)C3)C1.CC(=O)OC(C)=O.CC1C(=O)N(C)Cc2c(-c3cccc4nc(-c5cnn(C)c5)c(C(F)F)cc34)nc(C3CNC3)n21.CCN(CC)CC. The molecule has 0 radical (unpaired) electrons. The Morgan fingerprint density at radius 1 is 0.621 bits per heavy atom. The molecule has 3 amide bonds. The summed E-state index contributed by atoms with van der Waals surface area (Å²) in [4.78, 5) is 83.9. The molecule has 4 aliphatic rings. The number of esters is 2. The van der Waals surface area contributed by atoms with Crippen LogP contribution in [0.25, 0.3) is 66.8 Å². The zero-order valence-electron chi connectivity index (χ0n) is 51.0. The van der Waals surface area contributed by atoms with E-state index in [1.54, 1.807) is 76.9 Å². The number of aryl methyl sites for hydroxylation is 2. The van der Waals surface area contributed by atoms with Crippen LogP contribution in [-0.2, 0) is 55.9 Å². The predicted octanol–water partition coefficient (Wildman–Crippen LogP) is 9.02. The van der Waals surface area contributed by atoms with Crippen LogP contribution in [0.15, 0.2) is 73.3 Å². The Morgan fingerprint density at radius 3 is 1.34 bits per heavy atom. The Hall–Kier alpha value is -8.71. The summed E-state index contributed by atoms with van der Waals surface area (Å²) in [6, 6.07) is 13.3. The molecule has 2 aromatic carbocycles. The maximum Gasteiger partial charge on any atom is 0.310 e. The zero-order valence-corrected chi connectivity index (χ0v) is 51.0. The van der Waals surface area contributed by atoms with Crippen LogP contribution < -0.4 is 5.32 Å². The summed E-state index contributed by atoms with van der Waals surface area (Å²) in [6.45, 7) is 21.2. The van der Waals surface area contributed by atoms with E-state index in [2.05, 4.69) is 55.9 Å². The molecule has 2 atom stereocenters. The molecule has 2 unspecified atom stereocenters. The van der Waals surface area contributed by atoms with Crippen LogP contribution in [0.1, 0.15) is 126 Å². The number of nitrogens with one attached hydrogen (secondary N) is 1. The number of carbonyl (C=O) groups excluding carboxylic acids is 5. The number of rotatable bonds is 11. The summed E-state index contributed by atoms with van der Waals surface area (Å²) in [5.41, 5.74) is 6.90. The fraction of sp³-hybridized carbons (Fsp3) is 0.435. The van der Waals surface area contributed by atoms with E-state index in [9.17, 15) is 41.5 Å². The Morgan fingerprint density at radius 2 is 1.03 bits per heavy atom. The molecule has 87 heavy (non-hydrogen) atoms. The molecule has 25 heteroatoms. The highest BCUT2D eigenvalue weighted by Gasteiger charge is 2.41. The molecule has 460 valence electrons. The minimum atomic E-state index is -2.74. The van der Waals surface area contributed by atoms with Crippen molar-refractivity contribution in [1.29, 1.82) is 0 Å². The van der Waals surface area contributed by atoms with Gasteiger partial charge in [0, 0.05) is 138 Å². The van der Waals surface area contributed by atoms with Gasteiger partial charge in [-0.15, -0.1) is 0 Å². The highest BCUT2D eigenvalue weighted by molar-refractivity contribution is 5.98. The van der Waals surface area contributed by atoms with Gasteiger partial charge in [0.1, 0.15) is 23.7 Å². The van der Waals surface area contributed by atoms with Crippen molar-refractivity contribution < 1.29 is 46.3 Å². The molecule has 0 aliphatic carbocycles. The van der Waals surface area contributed by atoms with Crippen molar-refractivity contribution in [3.05, 3.63) is 107 Å². The van der Waals surface area contributed by atoms with E-state index in [0.29, 0.717) is 70.4 Å². The third-order valence-corrected chi connectivity index (χ3v) is 16.3. The van der Waals surface area contributed by atoms with Gasteiger partial charge in [0.25, 0.3) is 12.9 Å². The number of likely N-dealkylation sites (tertiary alicyclic amines) is 1. The first kappa shape index (κ1) is 62.8. The second-order valence-electron chi connectivity index (χ2n) is 22.2. The van der Waals surface area contributed by atoms with Crippen LogP contribution in [-0.4, -0.2) is 158 Å². The average molecular weight is 1200 g/mol. The normalized spacial score (nSPS) is 16.7. The molecule has 10 heterocycles. The summed E-state index contributed by atoms with van der Waals surface area (Å²) >= 11 is 0. The summed E-state index contributed by atoms with van der Waals surface area (Å²) < 4.78 is 68.2. The smallest absolute Gasteiger partial charge is 0.310 e. The molecule has 0 saturated carbocycles. The monoisotopic (exact) mass is 1200 g/mol. The Bertz CT molecular complexity index is 3880. The van der Waals surface area contributed by atoms with E-state index < -0.39 is 30.8 Å². The quantitative estimate of drug-likeness (QED) is 0.0727. The largest absolute Gasteiger partial charge is 0.394 e. The van der Waals surface area contributed by atoms with Crippen LogP contribution in [0, 0.1) is 0 Å². The molecule has 6 aromatic heterocycles. The number of hydrogen-bond acceptors (Lipinski definition) is 14. The second-order valence-corrected chi connectivity index (χ2v) is 22.2. The third-order valence-electron chi connectivity index (χ3n) is 16.3. The average Bonchev–Trinajstić information content (AvgIpc) is 1.66. The van der Waals surface area contributed by atoms with E-state index in [1.165, 1.54) is 58.7 Å². The highest BCUT2D eigenvalue weighted by Crippen LogP contribution is 2.43. The van der Waals surface area contributed by atoms with E-state index in [4.69, 9.17) is 9.97 Å². The van der Waals surface area contributed by atoms with E-state index in [0.717, 1.165) is 47.4 Å². The second kappa shape index (κ2) is 26.1. The van der Waals surface area contributed by atoms with Crippen molar-refractivity contribution in [1.82, 2.24) is 73.5 Å². The lowest BCUT2D eigenvalue weighted by Gasteiger charge is -2.40. The lowest BCUT2D eigenvalue weighted by atomic mass is 9.98. The molecule has 12 rings (SSSR count). The number of nitrogens with zero attached hydrogens (tertiary/aromatic N) is 14. The predicted molar refractivity (Wildman–Crippen MR) is 319 cm³/mol. The lowest BCUT2D eigenvalue weighted by molar-refractivity contribution is -0.156. The number of fused-ring (bicyclic) bond motifs is 4. The maximum atomic E-state index is 14.3. The zero-order chi connectivity index (χ0) is 62.9. The number of aromatic nitrogens is 10. The van der Waals surface area contributed by atoms with Gasteiger partial charge in [-0.2, -0.15) is 10.2 Å². The van der Waals surface area contributed by atoms with Gasteiger partial charge in [-0.3, -0.25) is 33.3 Å². The minimum Gasteiger partial charge on any atom is -0.394 e. The third kappa shape index (κ3) is 12.8. The molecule has 2 saturated heterocycles. The highest BCUT2D eigenvalue weighted by atomic mass is 19.3. The van der Waals surface area contributed by atoms with Gasteiger partial charge in [-0.1, -0.05) is 45.0 Å². The summed E-state index contributed by atoms with van der Waals surface area (Å²) in [5.74, 6) is 0.706. The van der Waals surface area contributed by atoms with Crippen molar-refractivity contribution in [2.75, 3.05) is 59.9 Å². The topological polar surface area (TPSA) is 217 Å². The summed E-state index contributed by atoms with van der Waals surface area (Å²) in [7, 11) is 7.00. The van der Waals surface area contributed by atoms with Gasteiger partial charge in [0.05, 0.1) is 76.6 Å². The number of pyridine rings is 2. The van der Waals surface area contributed by atoms with Gasteiger partial charge >= 0.3 is 11.9 Å². The maximum absolute atomic E-state index is 14.3. The van der Waals surface area contributed by atoms with Gasteiger partial charge in [-0.05, 0) is 57.7 Å². The Balaban J connectivity index is 0.000000171. The standard InChI is InChI=1S/C27H27F2N7O2.C25H25F2N7O.C6H15N.C4H6O3/c1-14-27(38)33(3)13-22-24(32-26(36(14)22)17-11-35(12-17)15(2)37)18-6-5-7-21-19(18)8-20(25(28)29)23(31-21)16-9-30-34(4)10-16;1-13-25(35)32(2)12-20-22(31-24(34(13)20)14-8-28-9-14)16-5-4-6-19-17(16)7-18(23(26)27)21(30-19)15-10-29-33(3)11-15;1-4-7(5-2)6-3;1-3(5)7-4(2)6/h5-10,14,17,25H,11-13H2,1-4H3;4-7,10-11,13-14,23,28H,8-9,12H2,1-3H3;4-6H2,1-3H3;1-2H3. The minimum absolute atomic E-state index is 0.000156. The van der Waals surface area contributed by atoms with Gasteiger partial charge in [0.2, 0.25) is 17.7 Å². The number of benzene rings is 2. The molecule has 8 aromatic rings. The van der Waals surface area contributed by atoms with Crippen molar-refractivity contribution in [3.8, 4) is 45.0 Å². The van der Waals surface area contributed by atoms with Crippen LogP contribution in [0.3, 0.4) is 0 Å². The molecular weight excluding hydrogens is 1130 g/mol. The number of hydrogen-bond donors (Lipinski definition) is 1. The lowest BCUT2D eigenvalue weighted by Crippen LogP contribution is -2.49. The number of carbonyl (C=O) groups is 5. The van der Waals surface area contributed by atoms with Gasteiger partial charge in [0.15, 0.2) is 0 Å². The number of halogens is 4. The van der Waals surface area contributed by atoms with Crippen LogP contribution in [0.5, 0.6) is 0 Å². The van der Waals surface area contributed by atoms with Gasteiger partial charge < -0.3 is 38.8 Å². The van der Waals surface area contributed by atoms with Crippen molar-refractivity contribution in [3.63, 3.8) is 0 Å². The molecule has 0 bridgehead atoms. The molecule has 2 fully saturated rings. The van der Waals surface area contributed by atoms with Crippen molar-refractivity contribution in [2.24, 2.45) is 14.1 Å².